The first-order chi connectivity index (χ1) is 15.4. The monoisotopic (exact) mass is 474 g/mol. The maximum Gasteiger partial charge on any atom is 0.264 e. The first-order valence-electron chi connectivity index (χ1n) is 9.77. The summed E-state index contributed by atoms with van der Waals surface area (Å²) < 4.78 is 38.3. The largest absolute Gasteiger partial charge is 0.497 e. The normalized spacial score (nSPS) is 10.9. The van der Waals surface area contributed by atoms with E-state index in [9.17, 15) is 13.2 Å². The molecule has 0 saturated heterocycles. The lowest BCUT2D eigenvalue weighted by Gasteiger charge is -2.24. The average molecular weight is 475 g/mol. The number of para-hydroxylation sites is 1. The number of anilines is 1. The van der Waals surface area contributed by atoms with Gasteiger partial charge in [-0.25, -0.2) is 8.42 Å². The second-order valence-electron chi connectivity index (χ2n) is 6.68. The third-order valence-electron chi connectivity index (χ3n) is 4.49. The fraction of sp³-hybridized carbons (Fsp3) is 0.174. The third-order valence-corrected chi connectivity index (χ3v) is 6.53. The van der Waals surface area contributed by atoms with E-state index in [2.05, 4.69) is 5.32 Å². The number of carbonyl (C=O) groups is 1. The highest BCUT2D eigenvalue weighted by Crippen LogP contribution is 2.24. The Morgan fingerprint density at radius 2 is 1.56 bits per heavy atom. The van der Waals surface area contributed by atoms with Gasteiger partial charge in [-0.15, -0.1) is 0 Å². The van der Waals surface area contributed by atoms with Gasteiger partial charge in [0.2, 0.25) is 5.91 Å². The van der Waals surface area contributed by atoms with Crippen molar-refractivity contribution in [3.63, 3.8) is 0 Å². The number of methoxy groups -OCH3 is 1. The van der Waals surface area contributed by atoms with Crippen molar-refractivity contribution >= 4 is 33.2 Å². The number of rotatable bonds is 10. The third kappa shape index (κ3) is 6.15. The minimum Gasteiger partial charge on any atom is -0.497 e. The Morgan fingerprint density at radius 1 is 0.938 bits per heavy atom. The van der Waals surface area contributed by atoms with Crippen LogP contribution in [0.1, 0.15) is 0 Å². The van der Waals surface area contributed by atoms with Gasteiger partial charge in [-0.2, -0.15) is 0 Å². The van der Waals surface area contributed by atoms with E-state index in [-0.39, 0.29) is 24.6 Å². The average Bonchev–Trinajstić information content (AvgIpc) is 2.82. The van der Waals surface area contributed by atoms with Crippen molar-refractivity contribution in [3.8, 4) is 11.5 Å². The number of hydrogen-bond donors (Lipinski definition) is 1. The number of halogens is 1. The minimum absolute atomic E-state index is 0.0565. The van der Waals surface area contributed by atoms with Gasteiger partial charge in [0.15, 0.2) is 0 Å². The van der Waals surface area contributed by atoms with Gasteiger partial charge in [0.05, 0.1) is 24.2 Å². The summed E-state index contributed by atoms with van der Waals surface area (Å²) in [4.78, 5) is 12.6. The standard InChI is InChI=1S/C23H23ClN2O5S/c1-30-20-11-13-22(14-12-20)32(28,29)26(19-5-3-2-4-6-19)17-23(27)25-15-16-31-21-9-7-18(24)8-10-21/h2-14H,15-17H2,1H3,(H,25,27). The molecule has 0 atom stereocenters. The number of nitrogens with zero attached hydrogens (tertiary/aromatic N) is 1. The van der Waals surface area contributed by atoms with Gasteiger partial charge in [-0.1, -0.05) is 29.8 Å². The van der Waals surface area contributed by atoms with E-state index in [0.29, 0.717) is 22.2 Å². The van der Waals surface area contributed by atoms with Gasteiger partial charge < -0.3 is 14.8 Å². The van der Waals surface area contributed by atoms with Crippen molar-refractivity contribution in [1.29, 1.82) is 0 Å². The smallest absolute Gasteiger partial charge is 0.264 e. The Balaban J connectivity index is 1.67. The van der Waals surface area contributed by atoms with Crippen LogP contribution in [0.3, 0.4) is 0 Å². The molecule has 0 fully saturated rings. The Bertz CT molecular complexity index is 1120. The highest BCUT2D eigenvalue weighted by molar-refractivity contribution is 7.92. The van der Waals surface area contributed by atoms with E-state index in [1.165, 1.54) is 19.2 Å². The van der Waals surface area contributed by atoms with Crippen molar-refractivity contribution < 1.29 is 22.7 Å². The van der Waals surface area contributed by atoms with E-state index in [4.69, 9.17) is 21.1 Å². The second-order valence-corrected chi connectivity index (χ2v) is 8.97. The van der Waals surface area contributed by atoms with Gasteiger partial charge in [0, 0.05) is 5.02 Å². The number of ether oxygens (including phenoxy) is 2. The van der Waals surface area contributed by atoms with Crippen LogP contribution >= 0.6 is 11.6 Å². The Hall–Kier alpha value is -3.23. The predicted molar refractivity (Wildman–Crippen MR) is 124 cm³/mol. The fourth-order valence-electron chi connectivity index (χ4n) is 2.86. The van der Waals surface area contributed by atoms with Crippen LogP contribution in [0.4, 0.5) is 5.69 Å². The number of benzene rings is 3. The zero-order valence-corrected chi connectivity index (χ0v) is 19.0. The van der Waals surface area contributed by atoms with Crippen molar-refractivity contribution in [1.82, 2.24) is 5.32 Å². The highest BCUT2D eigenvalue weighted by atomic mass is 35.5. The molecule has 3 aromatic carbocycles. The molecule has 32 heavy (non-hydrogen) atoms. The summed E-state index contributed by atoms with van der Waals surface area (Å²) in [6.45, 7) is 0.0654. The van der Waals surface area contributed by atoms with Gasteiger partial charge in [-0.05, 0) is 60.7 Å². The number of hydrogen-bond acceptors (Lipinski definition) is 5. The molecule has 3 rings (SSSR count). The Kier molecular flexibility index (Phi) is 7.97. The molecule has 0 aliphatic heterocycles. The molecule has 0 unspecified atom stereocenters. The molecule has 0 bridgehead atoms. The van der Waals surface area contributed by atoms with E-state index >= 15 is 0 Å². The lowest BCUT2D eigenvalue weighted by molar-refractivity contribution is -0.119. The fourth-order valence-corrected chi connectivity index (χ4v) is 4.41. The van der Waals surface area contributed by atoms with Crippen molar-refractivity contribution in [3.05, 3.63) is 83.9 Å². The van der Waals surface area contributed by atoms with Crippen molar-refractivity contribution in [2.75, 3.05) is 31.1 Å². The molecule has 9 heteroatoms. The van der Waals surface area contributed by atoms with E-state index < -0.39 is 15.9 Å². The molecular weight excluding hydrogens is 452 g/mol. The summed E-state index contributed by atoms with van der Waals surface area (Å²) in [5.74, 6) is 0.705. The molecule has 1 amide bonds. The zero-order valence-electron chi connectivity index (χ0n) is 17.4. The summed E-state index contributed by atoms with van der Waals surface area (Å²) in [6, 6.07) is 21.3. The summed E-state index contributed by atoms with van der Waals surface area (Å²) >= 11 is 5.84. The molecule has 168 valence electrons. The van der Waals surface area contributed by atoms with E-state index in [0.717, 1.165) is 4.31 Å². The van der Waals surface area contributed by atoms with Gasteiger partial charge in [0.25, 0.3) is 10.0 Å². The SMILES string of the molecule is COc1ccc(S(=O)(=O)N(CC(=O)NCCOc2ccc(Cl)cc2)c2ccccc2)cc1. The minimum atomic E-state index is -3.98. The molecule has 0 spiro atoms. The van der Waals surface area contributed by atoms with Crippen LogP contribution in [0, 0.1) is 0 Å². The van der Waals surface area contributed by atoms with E-state index in [1.807, 2.05) is 0 Å². The lowest BCUT2D eigenvalue weighted by Crippen LogP contribution is -2.41. The molecule has 3 aromatic rings. The summed E-state index contributed by atoms with van der Waals surface area (Å²) in [5.41, 5.74) is 0.385. The van der Waals surface area contributed by atoms with Crippen LogP contribution in [0.2, 0.25) is 5.02 Å². The zero-order chi connectivity index (χ0) is 23.0. The van der Waals surface area contributed by atoms with Crippen LogP contribution in [0.15, 0.2) is 83.8 Å². The number of nitrogens with one attached hydrogen (secondary N) is 1. The number of carbonyl (C=O) groups excluding carboxylic acids is 1. The van der Waals surface area contributed by atoms with E-state index in [1.54, 1.807) is 66.7 Å². The Morgan fingerprint density at radius 3 is 2.19 bits per heavy atom. The van der Waals surface area contributed by atoms with Crippen molar-refractivity contribution in [2.45, 2.75) is 4.90 Å². The van der Waals surface area contributed by atoms with Crippen LogP contribution in [-0.2, 0) is 14.8 Å². The number of amides is 1. The van der Waals surface area contributed by atoms with Crippen LogP contribution in [0.25, 0.3) is 0 Å². The van der Waals surface area contributed by atoms with Gasteiger partial charge in [0.1, 0.15) is 24.7 Å². The molecule has 0 aromatic heterocycles. The molecule has 0 aliphatic rings. The summed E-state index contributed by atoms with van der Waals surface area (Å²) in [5, 5.41) is 3.29. The quantitative estimate of drug-likeness (QED) is 0.452. The molecule has 1 N–H and O–H groups in total. The summed E-state index contributed by atoms with van der Waals surface area (Å²) in [7, 11) is -2.48. The maximum absolute atomic E-state index is 13.3. The van der Waals surface area contributed by atoms with Crippen LogP contribution in [0.5, 0.6) is 11.5 Å². The summed E-state index contributed by atoms with van der Waals surface area (Å²) in [6.07, 6.45) is 0. The maximum atomic E-state index is 13.3. The molecule has 0 heterocycles. The van der Waals surface area contributed by atoms with Crippen LogP contribution in [-0.4, -0.2) is 41.1 Å². The first kappa shape index (κ1) is 23.4. The number of sulfonamides is 1. The van der Waals surface area contributed by atoms with Gasteiger partial charge in [-0.3, -0.25) is 9.10 Å². The molecule has 0 aliphatic carbocycles. The molecular formula is C23H23ClN2O5S. The molecule has 7 nitrogen and oxygen atoms in total. The molecule has 0 saturated carbocycles. The molecule has 0 radical (unpaired) electrons. The predicted octanol–water partition coefficient (Wildman–Crippen LogP) is 3.74. The second kappa shape index (κ2) is 10.9. The topological polar surface area (TPSA) is 84.9 Å². The Labute approximate surface area is 192 Å². The van der Waals surface area contributed by atoms with Crippen molar-refractivity contribution in [2.24, 2.45) is 0 Å². The lowest BCUT2D eigenvalue weighted by atomic mass is 10.3. The first-order valence-corrected chi connectivity index (χ1v) is 11.6. The van der Waals surface area contributed by atoms with Crippen LogP contribution < -0.4 is 19.1 Å². The highest BCUT2D eigenvalue weighted by Gasteiger charge is 2.27. The van der Waals surface area contributed by atoms with Gasteiger partial charge >= 0.3 is 0 Å².